The fraction of sp³-hybridized carbons (Fsp3) is 0.276. The molecule has 12 heteroatoms. The molecule has 0 saturated carbocycles. The van der Waals surface area contributed by atoms with Gasteiger partial charge in [0.2, 0.25) is 10.9 Å². The van der Waals surface area contributed by atoms with Gasteiger partial charge < -0.3 is 10.0 Å². The molecule has 1 unspecified atom stereocenters. The summed E-state index contributed by atoms with van der Waals surface area (Å²) >= 11 is 10.2. The Balaban J connectivity index is 1.52. The van der Waals surface area contributed by atoms with Crippen LogP contribution in [0.5, 0.6) is 0 Å². The monoisotopic (exact) mass is 625 g/mol. The minimum Gasteiger partial charge on any atom is -0.503 e. The van der Waals surface area contributed by atoms with E-state index in [-0.39, 0.29) is 5.57 Å². The van der Waals surface area contributed by atoms with Gasteiger partial charge in [-0.25, -0.2) is 4.98 Å². The average Bonchev–Trinajstić information content (AvgIpc) is 3.64. The first-order valence-corrected chi connectivity index (χ1v) is 16.0. The molecule has 0 saturated heterocycles. The highest BCUT2D eigenvalue weighted by Crippen LogP contribution is 2.45. The number of carbonyl (C=O) groups is 2. The molecule has 1 N–H and O–H groups in total. The van der Waals surface area contributed by atoms with Crippen LogP contribution in [0.1, 0.15) is 51.4 Å². The predicted octanol–water partition coefficient (Wildman–Crippen LogP) is 7.19. The largest absolute Gasteiger partial charge is 0.503 e. The lowest BCUT2D eigenvalue weighted by atomic mass is 9.95. The number of anilines is 2. The number of hydrogen-bond acceptors (Lipinski definition) is 10. The van der Waals surface area contributed by atoms with Crippen LogP contribution in [0, 0.1) is 13.8 Å². The van der Waals surface area contributed by atoms with Gasteiger partial charge in [0.1, 0.15) is 0 Å². The van der Waals surface area contributed by atoms with Crippen LogP contribution in [-0.2, 0) is 10.5 Å². The number of halogens is 1. The number of nitrogens with zero attached hydrogens (tertiary/aromatic N) is 5. The number of aliphatic hydroxyl groups excluding tert-OH is 1. The zero-order chi connectivity index (χ0) is 29.3. The molecule has 1 amide bonds. The van der Waals surface area contributed by atoms with Gasteiger partial charge in [-0.05, 0) is 57.0 Å². The van der Waals surface area contributed by atoms with E-state index in [1.54, 1.807) is 6.92 Å². The average molecular weight is 626 g/mol. The van der Waals surface area contributed by atoms with Crippen molar-refractivity contribution in [3.8, 4) is 0 Å². The Morgan fingerprint density at radius 2 is 1.78 bits per heavy atom. The Morgan fingerprint density at radius 1 is 1.07 bits per heavy atom. The van der Waals surface area contributed by atoms with Gasteiger partial charge in [-0.2, -0.15) is 0 Å². The molecular weight excluding hydrogens is 598 g/mol. The Labute approximate surface area is 255 Å². The zero-order valence-corrected chi connectivity index (χ0v) is 26.1. The number of benzene rings is 2. The van der Waals surface area contributed by atoms with Gasteiger partial charge in [0.15, 0.2) is 10.1 Å². The molecule has 41 heavy (non-hydrogen) atoms. The van der Waals surface area contributed by atoms with Gasteiger partial charge in [-0.1, -0.05) is 65.0 Å². The van der Waals surface area contributed by atoms with Crippen LogP contribution < -0.4 is 9.80 Å². The molecule has 0 spiro atoms. The third-order valence-electron chi connectivity index (χ3n) is 6.81. The number of hydrogen-bond donors (Lipinski definition) is 1. The molecular formula is C29H28ClN5O3S3. The van der Waals surface area contributed by atoms with Crippen molar-refractivity contribution in [1.29, 1.82) is 0 Å². The van der Waals surface area contributed by atoms with Crippen molar-refractivity contribution < 1.29 is 14.7 Å². The van der Waals surface area contributed by atoms with Gasteiger partial charge in [-0.15, -0.1) is 21.5 Å². The second-order valence-corrected chi connectivity index (χ2v) is 13.1. The summed E-state index contributed by atoms with van der Waals surface area (Å²) < 4.78 is 0.636. The highest BCUT2D eigenvalue weighted by molar-refractivity contribution is 8.00. The van der Waals surface area contributed by atoms with Gasteiger partial charge in [0.05, 0.1) is 27.2 Å². The maximum Gasteiger partial charge on any atom is 0.296 e. The van der Waals surface area contributed by atoms with Crippen molar-refractivity contribution in [3.05, 3.63) is 91.6 Å². The van der Waals surface area contributed by atoms with E-state index in [2.05, 4.69) is 33.9 Å². The minimum absolute atomic E-state index is 0.0119. The van der Waals surface area contributed by atoms with Crippen LogP contribution in [-0.4, -0.2) is 45.1 Å². The molecule has 5 rings (SSSR count). The summed E-state index contributed by atoms with van der Waals surface area (Å²) in [7, 11) is 0. The standard InChI is InChI=1S/C29H28ClN5O3S3/c1-5-34(6-2)20-13-11-18(12-14-20)23-22(24(36)26-16(3)31-17(4)40-26)25(37)27(38)35(23)28-32-33-29(41-28)39-15-19-9-7-8-10-21(19)30/h7-14,23,37H,5-6,15H2,1-4H3. The summed E-state index contributed by atoms with van der Waals surface area (Å²) in [5, 5.41) is 21.4. The van der Waals surface area contributed by atoms with Crippen molar-refractivity contribution in [2.24, 2.45) is 0 Å². The zero-order valence-electron chi connectivity index (χ0n) is 22.9. The molecule has 0 bridgehead atoms. The van der Waals surface area contributed by atoms with Crippen LogP contribution in [0.25, 0.3) is 0 Å². The lowest BCUT2D eigenvalue weighted by molar-refractivity contribution is -0.117. The lowest BCUT2D eigenvalue weighted by Crippen LogP contribution is -2.31. The number of aromatic nitrogens is 3. The van der Waals surface area contributed by atoms with Gasteiger partial charge >= 0.3 is 0 Å². The molecule has 2 aromatic heterocycles. The van der Waals surface area contributed by atoms with E-state index in [0.29, 0.717) is 36.4 Å². The summed E-state index contributed by atoms with van der Waals surface area (Å²) in [6.45, 7) is 9.44. The van der Waals surface area contributed by atoms with Crippen LogP contribution >= 0.6 is 46.0 Å². The van der Waals surface area contributed by atoms with Crippen molar-refractivity contribution in [3.63, 3.8) is 0 Å². The lowest BCUT2D eigenvalue weighted by Gasteiger charge is -2.25. The number of aliphatic hydroxyl groups is 1. The third-order valence-corrected chi connectivity index (χ3v) is 10.4. The van der Waals surface area contributed by atoms with Crippen molar-refractivity contribution in [2.75, 3.05) is 22.9 Å². The molecule has 1 aliphatic heterocycles. The second-order valence-electron chi connectivity index (χ2n) is 9.31. The molecule has 1 aliphatic rings. The van der Waals surface area contributed by atoms with Crippen LogP contribution in [0.3, 0.4) is 0 Å². The summed E-state index contributed by atoms with van der Waals surface area (Å²) in [6.07, 6.45) is 0. The number of ketones is 1. The van der Waals surface area contributed by atoms with E-state index in [1.165, 1.54) is 39.3 Å². The van der Waals surface area contributed by atoms with E-state index >= 15 is 0 Å². The Kier molecular flexibility index (Phi) is 8.79. The molecule has 0 aliphatic carbocycles. The van der Waals surface area contributed by atoms with Crippen LogP contribution in [0.4, 0.5) is 10.8 Å². The maximum absolute atomic E-state index is 13.9. The number of aryl methyl sites for hydroxylation is 2. The molecule has 3 heterocycles. The Hall–Kier alpha value is -3.25. The number of carbonyl (C=O) groups excluding carboxylic acids is 2. The molecule has 212 valence electrons. The number of amides is 1. The topological polar surface area (TPSA) is 99.5 Å². The molecule has 4 aromatic rings. The highest BCUT2D eigenvalue weighted by atomic mass is 35.5. The van der Waals surface area contributed by atoms with E-state index in [9.17, 15) is 14.7 Å². The highest BCUT2D eigenvalue weighted by Gasteiger charge is 2.46. The smallest absolute Gasteiger partial charge is 0.296 e. The van der Waals surface area contributed by atoms with E-state index in [4.69, 9.17) is 11.6 Å². The van der Waals surface area contributed by atoms with Crippen molar-refractivity contribution in [1.82, 2.24) is 15.2 Å². The van der Waals surface area contributed by atoms with Crippen LogP contribution in [0.2, 0.25) is 5.02 Å². The quantitative estimate of drug-likeness (QED) is 0.112. The summed E-state index contributed by atoms with van der Waals surface area (Å²) in [6, 6.07) is 14.4. The predicted molar refractivity (Wildman–Crippen MR) is 167 cm³/mol. The minimum atomic E-state index is -0.878. The molecule has 1 atom stereocenters. The van der Waals surface area contributed by atoms with E-state index in [0.717, 1.165) is 29.3 Å². The number of rotatable bonds is 10. The number of Topliss-reactive ketones (excluding diaryl/α,β-unsaturated/α-hetero) is 1. The normalized spacial score (nSPS) is 15.2. The molecule has 0 fully saturated rings. The van der Waals surface area contributed by atoms with E-state index in [1.807, 2.05) is 55.5 Å². The summed E-state index contributed by atoms with van der Waals surface area (Å²) in [5.41, 5.74) is 3.24. The SMILES string of the molecule is CCN(CC)c1ccc(C2C(C(=O)c3sc(C)nc3C)=C(O)C(=O)N2c2nnc(SCc3ccccc3Cl)s2)cc1. The van der Waals surface area contributed by atoms with Crippen molar-refractivity contribution >= 4 is 68.5 Å². The second kappa shape index (κ2) is 12.3. The Morgan fingerprint density at radius 3 is 2.41 bits per heavy atom. The fourth-order valence-corrected chi connectivity index (χ4v) is 7.81. The third kappa shape index (κ3) is 5.76. The first-order chi connectivity index (χ1) is 19.7. The first-order valence-electron chi connectivity index (χ1n) is 13.0. The number of thioether (sulfide) groups is 1. The van der Waals surface area contributed by atoms with Crippen molar-refractivity contribution in [2.45, 2.75) is 43.8 Å². The van der Waals surface area contributed by atoms with E-state index < -0.39 is 23.5 Å². The van der Waals surface area contributed by atoms with Gasteiger partial charge in [-0.3, -0.25) is 14.5 Å². The van der Waals surface area contributed by atoms with Gasteiger partial charge in [0.25, 0.3) is 5.91 Å². The molecule has 8 nitrogen and oxygen atoms in total. The first kappa shape index (κ1) is 29.2. The summed E-state index contributed by atoms with van der Waals surface area (Å²) in [5.74, 6) is -1.12. The summed E-state index contributed by atoms with van der Waals surface area (Å²) in [4.78, 5) is 35.8. The maximum atomic E-state index is 13.9. The fourth-order valence-electron chi connectivity index (χ4n) is 4.78. The van der Waals surface area contributed by atoms with Crippen LogP contribution in [0.15, 0.2) is 64.2 Å². The molecule has 0 radical (unpaired) electrons. The molecule has 2 aromatic carbocycles. The Bertz CT molecular complexity index is 1630. The number of thiazole rings is 1. The van der Waals surface area contributed by atoms with Gasteiger partial charge in [0, 0.05) is 29.6 Å².